The van der Waals surface area contributed by atoms with Crippen molar-refractivity contribution in [2.45, 2.75) is 31.8 Å². The first kappa shape index (κ1) is 13.5. The van der Waals surface area contributed by atoms with Crippen LogP contribution < -0.4 is 10.1 Å². The number of carbonyl (C=O) groups excluding carboxylic acids is 1. The fourth-order valence-corrected chi connectivity index (χ4v) is 2.46. The van der Waals surface area contributed by atoms with Crippen LogP contribution in [0.2, 0.25) is 0 Å². The highest BCUT2D eigenvalue weighted by atomic mass is 16.5. The van der Waals surface area contributed by atoms with E-state index in [2.05, 4.69) is 15.3 Å². The highest BCUT2D eigenvalue weighted by Gasteiger charge is 2.16. The number of amides is 1. The van der Waals surface area contributed by atoms with Crippen LogP contribution in [-0.2, 0) is 0 Å². The molecule has 1 aromatic carbocycles. The molecule has 1 heterocycles. The van der Waals surface area contributed by atoms with Crippen molar-refractivity contribution in [2.24, 2.45) is 0 Å². The maximum atomic E-state index is 12.0. The number of hydrogen-bond acceptors (Lipinski definition) is 4. The summed E-state index contributed by atoms with van der Waals surface area (Å²) in [6, 6.07) is 7.45. The van der Waals surface area contributed by atoms with E-state index in [0.717, 1.165) is 18.6 Å². The van der Waals surface area contributed by atoms with Gasteiger partial charge < -0.3 is 10.1 Å². The fraction of sp³-hybridized carbons (Fsp3) is 0.312. The molecule has 1 amide bonds. The minimum absolute atomic E-state index is 0.277. The zero-order valence-electron chi connectivity index (χ0n) is 11.7. The van der Waals surface area contributed by atoms with E-state index in [4.69, 9.17) is 4.74 Å². The van der Waals surface area contributed by atoms with Gasteiger partial charge in [-0.05, 0) is 37.8 Å². The molecule has 0 atom stereocenters. The Bertz CT molecular complexity index is 610. The molecule has 3 rings (SSSR count). The number of benzene rings is 1. The van der Waals surface area contributed by atoms with Crippen LogP contribution in [-0.4, -0.2) is 22.0 Å². The van der Waals surface area contributed by atoms with Gasteiger partial charge in [-0.15, -0.1) is 0 Å². The smallest absolute Gasteiger partial charge is 0.275 e. The lowest BCUT2D eigenvalue weighted by Gasteiger charge is -2.14. The number of carbonyl (C=O) groups is 1. The highest BCUT2D eigenvalue weighted by Crippen LogP contribution is 2.25. The Morgan fingerprint density at radius 2 is 2.10 bits per heavy atom. The van der Waals surface area contributed by atoms with Crippen LogP contribution in [0, 0.1) is 0 Å². The van der Waals surface area contributed by atoms with Gasteiger partial charge in [0.05, 0.1) is 12.3 Å². The fourth-order valence-electron chi connectivity index (χ4n) is 2.46. The van der Waals surface area contributed by atoms with Crippen molar-refractivity contribution in [1.29, 1.82) is 0 Å². The first-order valence-electron chi connectivity index (χ1n) is 7.15. The molecule has 0 bridgehead atoms. The second kappa shape index (κ2) is 6.35. The molecule has 0 aliphatic heterocycles. The van der Waals surface area contributed by atoms with E-state index in [1.165, 1.54) is 31.4 Å². The minimum atomic E-state index is -0.277. The largest absolute Gasteiger partial charge is 0.490 e. The van der Waals surface area contributed by atoms with Crippen molar-refractivity contribution in [2.75, 3.05) is 5.32 Å². The third-order valence-corrected chi connectivity index (χ3v) is 3.49. The van der Waals surface area contributed by atoms with Gasteiger partial charge in [0.15, 0.2) is 0 Å². The number of nitrogens with one attached hydrogen (secondary N) is 1. The quantitative estimate of drug-likeness (QED) is 0.936. The maximum Gasteiger partial charge on any atom is 0.275 e. The number of nitrogens with zero attached hydrogens (tertiary/aromatic N) is 2. The lowest BCUT2D eigenvalue weighted by molar-refractivity contribution is 0.102. The first-order chi connectivity index (χ1) is 10.3. The van der Waals surface area contributed by atoms with Gasteiger partial charge in [-0.3, -0.25) is 9.78 Å². The minimum Gasteiger partial charge on any atom is -0.490 e. The summed E-state index contributed by atoms with van der Waals surface area (Å²) < 4.78 is 5.92. The maximum absolute atomic E-state index is 12.0. The van der Waals surface area contributed by atoms with Gasteiger partial charge in [0.25, 0.3) is 5.91 Å². The third kappa shape index (κ3) is 3.56. The van der Waals surface area contributed by atoms with Crippen molar-refractivity contribution in [3.8, 4) is 5.75 Å². The van der Waals surface area contributed by atoms with E-state index in [1.807, 2.05) is 24.3 Å². The summed E-state index contributed by atoms with van der Waals surface area (Å²) >= 11 is 0. The van der Waals surface area contributed by atoms with Gasteiger partial charge in [0.1, 0.15) is 11.4 Å². The Morgan fingerprint density at radius 1 is 1.24 bits per heavy atom. The topological polar surface area (TPSA) is 64.1 Å². The molecule has 0 unspecified atom stereocenters. The van der Waals surface area contributed by atoms with Gasteiger partial charge >= 0.3 is 0 Å². The number of rotatable bonds is 4. The number of aromatic nitrogens is 2. The lowest BCUT2D eigenvalue weighted by Crippen LogP contribution is -2.14. The van der Waals surface area contributed by atoms with Crippen molar-refractivity contribution in [3.63, 3.8) is 0 Å². The van der Waals surface area contributed by atoms with Gasteiger partial charge in [-0.2, -0.15) is 0 Å². The number of hydrogen-bond donors (Lipinski definition) is 1. The summed E-state index contributed by atoms with van der Waals surface area (Å²) in [5.74, 6) is 0.514. The predicted molar refractivity (Wildman–Crippen MR) is 79.3 cm³/mol. The molecule has 1 N–H and O–H groups in total. The van der Waals surface area contributed by atoms with Crippen LogP contribution >= 0.6 is 0 Å². The van der Waals surface area contributed by atoms with Crippen LogP contribution in [0.15, 0.2) is 42.9 Å². The summed E-state index contributed by atoms with van der Waals surface area (Å²) in [6.45, 7) is 0. The molecule has 1 aliphatic carbocycles. The molecule has 0 radical (unpaired) electrons. The van der Waals surface area contributed by atoms with Crippen LogP contribution in [0.4, 0.5) is 5.69 Å². The van der Waals surface area contributed by atoms with E-state index in [0.29, 0.717) is 17.5 Å². The van der Waals surface area contributed by atoms with E-state index < -0.39 is 0 Å². The van der Waals surface area contributed by atoms with E-state index in [-0.39, 0.29) is 5.91 Å². The van der Waals surface area contributed by atoms with Crippen molar-refractivity contribution in [1.82, 2.24) is 9.97 Å². The average Bonchev–Trinajstić information content (AvgIpc) is 3.01. The molecule has 1 aromatic heterocycles. The number of ether oxygens (including phenoxy) is 1. The summed E-state index contributed by atoms with van der Waals surface area (Å²) in [6.07, 6.45) is 9.44. The van der Waals surface area contributed by atoms with E-state index in [1.54, 1.807) is 0 Å². The summed E-state index contributed by atoms with van der Waals surface area (Å²) in [5, 5.41) is 2.80. The Labute approximate surface area is 123 Å². The Balaban J connectivity index is 1.66. The van der Waals surface area contributed by atoms with Crippen LogP contribution in [0.3, 0.4) is 0 Å². The highest BCUT2D eigenvalue weighted by molar-refractivity contribution is 6.02. The molecule has 2 aromatic rings. The van der Waals surface area contributed by atoms with Crippen LogP contribution in [0.5, 0.6) is 5.75 Å². The number of anilines is 1. The van der Waals surface area contributed by atoms with Crippen LogP contribution in [0.25, 0.3) is 0 Å². The Hall–Kier alpha value is -2.43. The summed E-state index contributed by atoms with van der Waals surface area (Å²) in [5.41, 5.74) is 0.987. The SMILES string of the molecule is O=C(Nc1cccc(OC2CCCC2)c1)c1cnccn1. The van der Waals surface area contributed by atoms with Gasteiger partial charge in [-0.25, -0.2) is 4.98 Å². The normalized spacial score (nSPS) is 14.9. The summed E-state index contributed by atoms with van der Waals surface area (Å²) in [7, 11) is 0. The molecule has 21 heavy (non-hydrogen) atoms. The molecule has 108 valence electrons. The van der Waals surface area contributed by atoms with Crippen molar-refractivity contribution < 1.29 is 9.53 Å². The predicted octanol–water partition coefficient (Wildman–Crippen LogP) is 3.05. The lowest BCUT2D eigenvalue weighted by atomic mass is 10.2. The Kier molecular flexibility index (Phi) is 4.09. The zero-order chi connectivity index (χ0) is 14.5. The molecule has 5 heteroatoms. The molecule has 1 aliphatic rings. The zero-order valence-corrected chi connectivity index (χ0v) is 11.7. The molecule has 0 saturated heterocycles. The van der Waals surface area contributed by atoms with E-state index >= 15 is 0 Å². The molecule has 0 spiro atoms. The van der Waals surface area contributed by atoms with E-state index in [9.17, 15) is 4.79 Å². The molecular weight excluding hydrogens is 266 g/mol. The van der Waals surface area contributed by atoms with Crippen molar-refractivity contribution in [3.05, 3.63) is 48.5 Å². The molecule has 1 saturated carbocycles. The second-order valence-electron chi connectivity index (χ2n) is 5.10. The van der Waals surface area contributed by atoms with Crippen molar-refractivity contribution >= 4 is 11.6 Å². The van der Waals surface area contributed by atoms with Gasteiger partial charge in [-0.1, -0.05) is 6.07 Å². The third-order valence-electron chi connectivity index (χ3n) is 3.49. The van der Waals surface area contributed by atoms with Crippen LogP contribution in [0.1, 0.15) is 36.2 Å². The first-order valence-corrected chi connectivity index (χ1v) is 7.15. The molecular formula is C16H17N3O2. The van der Waals surface area contributed by atoms with Gasteiger partial charge in [0.2, 0.25) is 0 Å². The standard InChI is InChI=1S/C16H17N3O2/c20-16(15-11-17-8-9-18-15)19-12-4-3-7-14(10-12)21-13-5-1-2-6-13/h3-4,7-11,13H,1-2,5-6H2,(H,19,20). The van der Waals surface area contributed by atoms with Gasteiger partial charge in [0, 0.05) is 24.1 Å². The molecule has 5 nitrogen and oxygen atoms in total. The molecule has 1 fully saturated rings. The Morgan fingerprint density at radius 3 is 2.86 bits per heavy atom. The second-order valence-corrected chi connectivity index (χ2v) is 5.10. The average molecular weight is 283 g/mol. The summed E-state index contributed by atoms with van der Waals surface area (Å²) in [4.78, 5) is 19.9. The monoisotopic (exact) mass is 283 g/mol.